The number of hydrogen-bond acceptors (Lipinski definition) is 4. The van der Waals surface area contributed by atoms with E-state index < -0.39 is 5.97 Å². The van der Waals surface area contributed by atoms with Gasteiger partial charge in [-0.1, -0.05) is 6.07 Å². The molecule has 120 valence electrons. The molecule has 0 aromatic carbocycles. The zero-order chi connectivity index (χ0) is 16.2. The molecule has 2 aliphatic rings. The first-order chi connectivity index (χ1) is 11.0. The van der Waals surface area contributed by atoms with Crippen molar-refractivity contribution in [1.82, 2.24) is 14.8 Å². The lowest BCUT2D eigenvalue weighted by atomic mass is 9.97. The van der Waals surface area contributed by atoms with Gasteiger partial charge >= 0.3 is 5.97 Å². The second-order valence-electron chi connectivity index (χ2n) is 6.90. The van der Waals surface area contributed by atoms with Crippen molar-refractivity contribution < 1.29 is 9.90 Å². The molecule has 1 aliphatic heterocycles. The molecular weight excluding hydrogens is 292 g/mol. The second-order valence-corrected chi connectivity index (χ2v) is 6.90. The number of pyridine rings is 1. The van der Waals surface area contributed by atoms with Gasteiger partial charge < -0.3 is 10.0 Å². The van der Waals surface area contributed by atoms with Crippen LogP contribution in [0.3, 0.4) is 0 Å². The monoisotopic (exact) mass is 312 g/mol. The van der Waals surface area contributed by atoms with Crippen LogP contribution in [0.15, 0.2) is 18.3 Å². The maximum atomic E-state index is 11.1. The number of carboxylic acid groups (broad SMARTS) is 1. The highest BCUT2D eigenvalue weighted by Gasteiger charge is 2.52. The molecule has 1 saturated carbocycles. The normalized spacial score (nSPS) is 18.1. The van der Waals surface area contributed by atoms with Crippen molar-refractivity contribution in [3.8, 4) is 0 Å². The van der Waals surface area contributed by atoms with Crippen LogP contribution in [0, 0.1) is 19.3 Å². The van der Waals surface area contributed by atoms with Gasteiger partial charge in [-0.2, -0.15) is 5.10 Å². The van der Waals surface area contributed by atoms with Crippen LogP contribution in [-0.4, -0.2) is 38.9 Å². The van der Waals surface area contributed by atoms with Crippen molar-refractivity contribution in [3.05, 3.63) is 40.8 Å². The Morgan fingerprint density at radius 3 is 2.57 bits per heavy atom. The van der Waals surface area contributed by atoms with Crippen LogP contribution in [0.1, 0.15) is 40.2 Å². The molecule has 2 aromatic rings. The molecule has 1 N–H and O–H groups in total. The van der Waals surface area contributed by atoms with Crippen LogP contribution in [0.2, 0.25) is 0 Å². The van der Waals surface area contributed by atoms with Gasteiger partial charge in [-0.3, -0.25) is 4.68 Å². The van der Waals surface area contributed by atoms with Crippen molar-refractivity contribution in [2.75, 3.05) is 18.0 Å². The lowest BCUT2D eigenvalue weighted by Crippen LogP contribution is -2.48. The minimum absolute atomic E-state index is 0.252. The van der Waals surface area contributed by atoms with Gasteiger partial charge in [-0.05, 0) is 38.3 Å². The molecular formula is C17H20N4O2. The summed E-state index contributed by atoms with van der Waals surface area (Å²) in [7, 11) is 0. The number of carbonyl (C=O) groups is 1. The Balaban J connectivity index is 1.51. The molecule has 4 rings (SSSR count). The lowest BCUT2D eigenvalue weighted by Gasteiger charge is -2.41. The number of aromatic carboxylic acids is 1. The first kappa shape index (κ1) is 14.2. The highest BCUT2D eigenvalue weighted by molar-refractivity contribution is 5.88. The molecule has 0 radical (unpaired) electrons. The SMILES string of the molecule is Cc1nc(N2CC3(CC3)C2)ccc1Cn1cc(C(=O)O)c(C)n1. The van der Waals surface area contributed by atoms with E-state index in [4.69, 9.17) is 10.1 Å². The first-order valence-corrected chi connectivity index (χ1v) is 7.95. The van der Waals surface area contributed by atoms with Crippen molar-refractivity contribution in [2.45, 2.75) is 33.2 Å². The van der Waals surface area contributed by atoms with E-state index in [1.54, 1.807) is 17.8 Å². The molecule has 1 spiro atoms. The third-order valence-corrected chi connectivity index (χ3v) is 5.02. The van der Waals surface area contributed by atoms with Gasteiger partial charge in [0.15, 0.2) is 0 Å². The van der Waals surface area contributed by atoms with Gasteiger partial charge in [0.05, 0.1) is 12.2 Å². The lowest BCUT2D eigenvalue weighted by molar-refractivity contribution is 0.0696. The van der Waals surface area contributed by atoms with Crippen LogP contribution < -0.4 is 4.90 Å². The summed E-state index contributed by atoms with van der Waals surface area (Å²) in [5.41, 5.74) is 3.45. The summed E-state index contributed by atoms with van der Waals surface area (Å²) >= 11 is 0. The molecule has 0 amide bonds. The van der Waals surface area contributed by atoms with E-state index in [0.717, 1.165) is 30.2 Å². The average molecular weight is 312 g/mol. The molecule has 1 saturated heterocycles. The average Bonchev–Trinajstić information content (AvgIpc) is 3.17. The maximum absolute atomic E-state index is 11.1. The molecule has 0 unspecified atom stereocenters. The maximum Gasteiger partial charge on any atom is 0.339 e. The number of anilines is 1. The fourth-order valence-electron chi connectivity index (χ4n) is 3.32. The number of aryl methyl sites for hydroxylation is 2. The summed E-state index contributed by atoms with van der Waals surface area (Å²) in [6, 6.07) is 4.14. The molecule has 0 atom stereocenters. The summed E-state index contributed by atoms with van der Waals surface area (Å²) in [6.45, 7) is 6.53. The Morgan fingerprint density at radius 2 is 2.00 bits per heavy atom. The minimum Gasteiger partial charge on any atom is -0.478 e. The predicted molar refractivity (Wildman–Crippen MR) is 85.9 cm³/mol. The van der Waals surface area contributed by atoms with Gasteiger partial charge in [-0.15, -0.1) is 0 Å². The zero-order valence-electron chi connectivity index (χ0n) is 13.4. The molecule has 2 aromatic heterocycles. The largest absolute Gasteiger partial charge is 0.478 e. The van der Waals surface area contributed by atoms with Gasteiger partial charge in [0, 0.05) is 30.4 Å². The summed E-state index contributed by atoms with van der Waals surface area (Å²) in [6.07, 6.45) is 4.31. The first-order valence-electron chi connectivity index (χ1n) is 7.95. The van der Waals surface area contributed by atoms with Crippen LogP contribution >= 0.6 is 0 Å². The van der Waals surface area contributed by atoms with Crippen LogP contribution in [-0.2, 0) is 6.54 Å². The van der Waals surface area contributed by atoms with Crippen molar-refractivity contribution in [3.63, 3.8) is 0 Å². The molecule has 6 nitrogen and oxygen atoms in total. The molecule has 23 heavy (non-hydrogen) atoms. The molecule has 2 fully saturated rings. The molecule has 6 heteroatoms. The van der Waals surface area contributed by atoms with E-state index in [0.29, 0.717) is 17.7 Å². The number of rotatable bonds is 4. The smallest absolute Gasteiger partial charge is 0.339 e. The quantitative estimate of drug-likeness (QED) is 0.937. The highest BCUT2D eigenvalue weighted by Crippen LogP contribution is 2.53. The van der Waals surface area contributed by atoms with Gasteiger partial charge in [0.25, 0.3) is 0 Å². The van der Waals surface area contributed by atoms with Gasteiger partial charge in [-0.25, -0.2) is 9.78 Å². The van der Waals surface area contributed by atoms with Gasteiger partial charge in [0.2, 0.25) is 0 Å². The fraction of sp³-hybridized carbons (Fsp3) is 0.471. The second kappa shape index (κ2) is 4.81. The summed E-state index contributed by atoms with van der Waals surface area (Å²) < 4.78 is 1.67. The van der Waals surface area contributed by atoms with E-state index >= 15 is 0 Å². The third kappa shape index (κ3) is 2.48. The van der Waals surface area contributed by atoms with E-state index in [-0.39, 0.29) is 5.56 Å². The highest BCUT2D eigenvalue weighted by atomic mass is 16.4. The van der Waals surface area contributed by atoms with Crippen LogP contribution in [0.4, 0.5) is 5.82 Å². The molecule has 3 heterocycles. The van der Waals surface area contributed by atoms with E-state index in [9.17, 15) is 4.79 Å². The van der Waals surface area contributed by atoms with E-state index in [1.165, 1.54) is 12.8 Å². The van der Waals surface area contributed by atoms with Crippen molar-refractivity contribution in [2.24, 2.45) is 5.41 Å². The predicted octanol–water partition coefficient (Wildman–Crippen LogP) is 2.24. The molecule has 0 bridgehead atoms. The Labute approximate surface area is 134 Å². The number of nitrogens with zero attached hydrogens (tertiary/aromatic N) is 4. The Morgan fingerprint density at radius 1 is 1.26 bits per heavy atom. The Kier molecular flexibility index (Phi) is 2.98. The van der Waals surface area contributed by atoms with Crippen LogP contribution in [0.5, 0.6) is 0 Å². The van der Waals surface area contributed by atoms with Crippen molar-refractivity contribution in [1.29, 1.82) is 0 Å². The standard InChI is InChI=1S/C17H20N4O2/c1-11-13(7-21-8-14(16(22)23)12(2)19-21)3-4-15(18-11)20-9-17(10-20)5-6-17/h3-4,8H,5-7,9-10H2,1-2H3,(H,22,23). The Hall–Kier alpha value is -2.37. The zero-order valence-corrected chi connectivity index (χ0v) is 13.4. The number of hydrogen-bond donors (Lipinski definition) is 1. The number of aromatic nitrogens is 3. The Bertz CT molecular complexity index is 784. The van der Waals surface area contributed by atoms with E-state index in [2.05, 4.69) is 22.1 Å². The number of carboxylic acids is 1. The van der Waals surface area contributed by atoms with Crippen LogP contribution in [0.25, 0.3) is 0 Å². The molecule has 1 aliphatic carbocycles. The van der Waals surface area contributed by atoms with Gasteiger partial charge in [0.1, 0.15) is 11.4 Å². The van der Waals surface area contributed by atoms with Crippen molar-refractivity contribution >= 4 is 11.8 Å². The summed E-state index contributed by atoms with van der Waals surface area (Å²) in [5.74, 6) is 0.109. The minimum atomic E-state index is -0.939. The fourth-order valence-corrected chi connectivity index (χ4v) is 3.32. The topological polar surface area (TPSA) is 71.2 Å². The summed E-state index contributed by atoms with van der Waals surface area (Å²) in [5, 5.41) is 13.4. The van der Waals surface area contributed by atoms with E-state index in [1.807, 2.05) is 6.92 Å². The summed E-state index contributed by atoms with van der Waals surface area (Å²) in [4.78, 5) is 18.2. The third-order valence-electron chi connectivity index (χ3n) is 5.02.